The lowest BCUT2D eigenvalue weighted by molar-refractivity contribution is -0.116. The Bertz CT molecular complexity index is 626. The van der Waals surface area contributed by atoms with Crippen LogP contribution in [0.5, 0.6) is 0 Å². The van der Waals surface area contributed by atoms with Crippen molar-refractivity contribution in [1.29, 1.82) is 0 Å². The van der Waals surface area contributed by atoms with E-state index < -0.39 is 0 Å². The van der Waals surface area contributed by atoms with Crippen molar-refractivity contribution in [3.05, 3.63) is 57.8 Å². The molecular formula is C16H17BrN2O. The Kier molecular flexibility index (Phi) is 4.90. The van der Waals surface area contributed by atoms with Crippen LogP contribution in [0.15, 0.2) is 41.1 Å². The smallest absolute Gasteiger partial charge is 0.224 e. The van der Waals surface area contributed by atoms with Crippen molar-refractivity contribution in [3.8, 4) is 0 Å². The van der Waals surface area contributed by atoms with Crippen molar-refractivity contribution in [3.63, 3.8) is 0 Å². The number of anilines is 1. The molecule has 0 aliphatic rings. The van der Waals surface area contributed by atoms with Crippen molar-refractivity contribution in [2.75, 3.05) is 5.32 Å². The summed E-state index contributed by atoms with van der Waals surface area (Å²) in [4.78, 5) is 16.1. The fourth-order valence-corrected chi connectivity index (χ4v) is 2.21. The highest BCUT2D eigenvalue weighted by molar-refractivity contribution is 9.10. The predicted octanol–water partition coefficient (Wildman–Crippen LogP) is 4.03. The standard InChI is InChI=1S/C16H17BrN2O/c1-11-5-3-4-6-13(11)7-8-15(20)19-14-9-12(2)16(17)18-10-14/h3-6,9-10H,7-8H2,1-2H3,(H,19,20). The van der Waals surface area contributed by atoms with Gasteiger partial charge in [0.1, 0.15) is 4.60 Å². The molecule has 2 aromatic rings. The molecule has 0 saturated carbocycles. The molecule has 0 fully saturated rings. The molecule has 1 heterocycles. The number of benzene rings is 1. The molecule has 2 rings (SSSR count). The number of nitrogens with zero attached hydrogens (tertiary/aromatic N) is 1. The summed E-state index contributed by atoms with van der Waals surface area (Å²) < 4.78 is 0.801. The van der Waals surface area contributed by atoms with E-state index in [-0.39, 0.29) is 5.91 Å². The van der Waals surface area contributed by atoms with E-state index in [1.165, 1.54) is 11.1 Å². The van der Waals surface area contributed by atoms with E-state index in [1.807, 2.05) is 25.1 Å². The Morgan fingerprint density at radius 3 is 2.70 bits per heavy atom. The molecule has 1 N–H and O–H groups in total. The van der Waals surface area contributed by atoms with E-state index in [4.69, 9.17) is 0 Å². The second kappa shape index (κ2) is 6.66. The second-order valence-electron chi connectivity index (χ2n) is 4.81. The van der Waals surface area contributed by atoms with Crippen LogP contribution in [-0.2, 0) is 11.2 Å². The number of pyridine rings is 1. The van der Waals surface area contributed by atoms with Gasteiger partial charge >= 0.3 is 0 Å². The van der Waals surface area contributed by atoms with E-state index in [1.54, 1.807) is 6.20 Å². The van der Waals surface area contributed by atoms with Gasteiger partial charge in [0.2, 0.25) is 5.91 Å². The SMILES string of the molecule is Cc1ccccc1CCC(=O)Nc1cnc(Br)c(C)c1. The first-order chi connectivity index (χ1) is 9.56. The summed E-state index contributed by atoms with van der Waals surface area (Å²) in [5, 5.41) is 2.88. The minimum atomic E-state index is 0.0109. The van der Waals surface area contributed by atoms with Gasteiger partial charge in [-0.15, -0.1) is 0 Å². The van der Waals surface area contributed by atoms with Crippen molar-refractivity contribution < 1.29 is 4.79 Å². The van der Waals surface area contributed by atoms with Crippen molar-refractivity contribution in [2.24, 2.45) is 0 Å². The van der Waals surface area contributed by atoms with E-state index in [0.717, 1.165) is 22.3 Å². The molecule has 20 heavy (non-hydrogen) atoms. The second-order valence-corrected chi connectivity index (χ2v) is 5.56. The Labute approximate surface area is 127 Å². The van der Waals surface area contributed by atoms with Gasteiger partial charge < -0.3 is 5.32 Å². The van der Waals surface area contributed by atoms with Gasteiger partial charge in [-0.25, -0.2) is 4.98 Å². The number of halogens is 1. The van der Waals surface area contributed by atoms with Gasteiger partial charge in [0.25, 0.3) is 0 Å². The Balaban J connectivity index is 1.93. The molecule has 0 saturated heterocycles. The van der Waals surface area contributed by atoms with Gasteiger partial charge in [-0.05, 0) is 59.0 Å². The molecule has 1 aromatic heterocycles. The first-order valence-corrected chi connectivity index (χ1v) is 7.32. The number of aromatic nitrogens is 1. The first-order valence-electron chi connectivity index (χ1n) is 6.53. The zero-order chi connectivity index (χ0) is 14.5. The molecular weight excluding hydrogens is 316 g/mol. The Morgan fingerprint density at radius 2 is 2.00 bits per heavy atom. The Morgan fingerprint density at radius 1 is 1.25 bits per heavy atom. The van der Waals surface area contributed by atoms with Gasteiger partial charge in [0.15, 0.2) is 0 Å². The zero-order valence-electron chi connectivity index (χ0n) is 11.6. The number of nitrogens with one attached hydrogen (secondary N) is 1. The van der Waals surface area contributed by atoms with Crippen LogP contribution in [0.25, 0.3) is 0 Å². The summed E-state index contributed by atoms with van der Waals surface area (Å²) in [6.45, 7) is 4.01. The lowest BCUT2D eigenvalue weighted by Crippen LogP contribution is -2.13. The van der Waals surface area contributed by atoms with Gasteiger partial charge in [-0.3, -0.25) is 4.79 Å². The summed E-state index contributed by atoms with van der Waals surface area (Å²) >= 11 is 3.34. The summed E-state index contributed by atoms with van der Waals surface area (Å²) in [6, 6.07) is 10.0. The first kappa shape index (κ1) is 14.7. The lowest BCUT2D eigenvalue weighted by atomic mass is 10.0. The van der Waals surface area contributed by atoms with E-state index >= 15 is 0 Å². The van der Waals surface area contributed by atoms with Crippen LogP contribution in [0.1, 0.15) is 23.1 Å². The summed E-state index contributed by atoms with van der Waals surface area (Å²) in [6.07, 6.45) is 2.88. The zero-order valence-corrected chi connectivity index (χ0v) is 13.2. The monoisotopic (exact) mass is 332 g/mol. The van der Waals surface area contributed by atoms with Crippen LogP contribution in [-0.4, -0.2) is 10.9 Å². The molecule has 0 spiro atoms. The molecule has 0 radical (unpaired) electrons. The third-order valence-electron chi connectivity index (χ3n) is 3.18. The van der Waals surface area contributed by atoms with Crippen molar-refractivity contribution in [2.45, 2.75) is 26.7 Å². The molecule has 1 aromatic carbocycles. The molecule has 0 aliphatic heterocycles. The average Bonchev–Trinajstić information content (AvgIpc) is 2.42. The fraction of sp³-hybridized carbons (Fsp3) is 0.250. The van der Waals surface area contributed by atoms with Crippen LogP contribution in [0.4, 0.5) is 5.69 Å². The highest BCUT2D eigenvalue weighted by Crippen LogP contribution is 2.17. The van der Waals surface area contributed by atoms with Crippen LogP contribution < -0.4 is 5.32 Å². The molecule has 4 heteroatoms. The Hall–Kier alpha value is -1.68. The van der Waals surface area contributed by atoms with Crippen LogP contribution in [0.3, 0.4) is 0 Å². The molecule has 0 atom stereocenters. The number of hydrogen-bond acceptors (Lipinski definition) is 2. The highest BCUT2D eigenvalue weighted by Gasteiger charge is 2.06. The van der Waals surface area contributed by atoms with E-state index in [9.17, 15) is 4.79 Å². The average molecular weight is 333 g/mol. The lowest BCUT2D eigenvalue weighted by Gasteiger charge is -2.08. The van der Waals surface area contributed by atoms with Crippen LogP contribution in [0, 0.1) is 13.8 Å². The topological polar surface area (TPSA) is 42.0 Å². The minimum absolute atomic E-state index is 0.0109. The molecule has 0 bridgehead atoms. The molecule has 0 unspecified atom stereocenters. The number of amides is 1. The molecule has 3 nitrogen and oxygen atoms in total. The molecule has 0 aliphatic carbocycles. The summed E-state index contributed by atoms with van der Waals surface area (Å²) in [5.41, 5.74) is 4.18. The number of rotatable bonds is 4. The van der Waals surface area contributed by atoms with Crippen molar-refractivity contribution >= 4 is 27.5 Å². The van der Waals surface area contributed by atoms with E-state index in [2.05, 4.69) is 45.3 Å². The quantitative estimate of drug-likeness (QED) is 0.859. The fourth-order valence-electron chi connectivity index (χ4n) is 1.99. The van der Waals surface area contributed by atoms with Gasteiger partial charge in [0.05, 0.1) is 11.9 Å². The minimum Gasteiger partial charge on any atom is -0.325 e. The van der Waals surface area contributed by atoms with Gasteiger partial charge in [0, 0.05) is 6.42 Å². The van der Waals surface area contributed by atoms with E-state index in [0.29, 0.717) is 6.42 Å². The molecule has 1 amide bonds. The third-order valence-corrected chi connectivity index (χ3v) is 4.01. The van der Waals surface area contributed by atoms with Gasteiger partial charge in [-0.2, -0.15) is 0 Å². The number of aryl methyl sites for hydroxylation is 3. The normalized spacial score (nSPS) is 10.3. The van der Waals surface area contributed by atoms with Crippen LogP contribution in [0.2, 0.25) is 0 Å². The largest absolute Gasteiger partial charge is 0.325 e. The number of carbonyl (C=O) groups is 1. The van der Waals surface area contributed by atoms with Crippen molar-refractivity contribution in [1.82, 2.24) is 4.98 Å². The maximum atomic E-state index is 11.9. The van der Waals surface area contributed by atoms with Gasteiger partial charge in [-0.1, -0.05) is 24.3 Å². The maximum Gasteiger partial charge on any atom is 0.224 e. The summed E-state index contributed by atoms with van der Waals surface area (Å²) in [5.74, 6) is 0.0109. The summed E-state index contributed by atoms with van der Waals surface area (Å²) in [7, 11) is 0. The predicted molar refractivity (Wildman–Crippen MR) is 84.8 cm³/mol. The number of carbonyl (C=O) groups excluding carboxylic acids is 1. The highest BCUT2D eigenvalue weighted by atomic mass is 79.9. The third kappa shape index (κ3) is 3.90. The number of hydrogen-bond donors (Lipinski definition) is 1. The van der Waals surface area contributed by atoms with Crippen LogP contribution >= 0.6 is 15.9 Å². The molecule has 104 valence electrons. The maximum absolute atomic E-state index is 11.9.